The zero-order valence-electron chi connectivity index (χ0n) is 9.47. The minimum absolute atomic E-state index is 0.236. The van der Waals surface area contributed by atoms with Gasteiger partial charge in [0.25, 0.3) is 5.91 Å². The molecule has 0 spiro atoms. The van der Waals surface area contributed by atoms with E-state index in [0.29, 0.717) is 12.0 Å². The van der Waals surface area contributed by atoms with E-state index < -0.39 is 5.54 Å². The lowest BCUT2D eigenvalue weighted by Gasteiger charge is -2.29. The molecule has 0 aromatic heterocycles. The van der Waals surface area contributed by atoms with Gasteiger partial charge in [-0.2, -0.15) is 0 Å². The van der Waals surface area contributed by atoms with Crippen molar-refractivity contribution in [2.75, 3.05) is 11.8 Å². The molecule has 1 aromatic carbocycles. The van der Waals surface area contributed by atoms with Crippen LogP contribution in [0.2, 0.25) is 0 Å². The molecule has 0 aliphatic heterocycles. The van der Waals surface area contributed by atoms with Crippen molar-refractivity contribution in [2.24, 2.45) is 0 Å². The van der Waals surface area contributed by atoms with Crippen LogP contribution in [0.5, 0.6) is 0 Å². The molecule has 5 heteroatoms. The maximum absolute atomic E-state index is 12.7. The molecule has 0 radical (unpaired) electrons. The van der Waals surface area contributed by atoms with Gasteiger partial charge in [0.2, 0.25) is 0 Å². The predicted molar refractivity (Wildman–Crippen MR) is 68.3 cm³/mol. The van der Waals surface area contributed by atoms with Gasteiger partial charge in [-0.3, -0.25) is 4.79 Å². The maximum atomic E-state index is 12.7. The van der Waals surface area contributed by atoms with Gasteiger partial charge in [0.1, 0.15) is 5.82 Å². The quantitative estimate of drug-likeness (QED) is 0.823. The van der Waals surface area contributed by atoms with E-state index in [1.54, 1.807) is 0 Å². The second-order valence-corrected chi connectivity index (χ2v) is 4.40. The summed E-state index contributed by atoms with van der Waals surface area (Å²) in [5.74, 6) is -0.203. The molecule has 0 unspecified atom stereocenters. The average Bonchev–Trinajstić information content (AvgIpc) is 2.37. The predicted octanol–water partition coefficient (Wildman–Crippen LogP) is 3.18. The minimum Gasteiger partial charge on any atom is -0.344 e. The van der Waals surface area contributed by atoms with Gasteiger partial charge in [-0.05, 0) is 30.7 Å². The molecule has 0 saturated heterocycles. The Morgan fingerprint density at radius 1 is 1.29 bits per heavy atom. The van der Waals surface area contributed by atoms with Gasteiger partial charge in [0.05, 0.1) is 5.54 Å². The summed E-state index contributed by atoms with van der Waals surface area (Å²) in [6.07, 6.45) is 0.632. The minimum atomic E-state index is -0.616. The molecule has 0 atom stereocenters. The highest BCUT2D eigenvalue weighted by atomic mass is 35.5. The van der Waals surface area contributed by atoms with Crippen LogP contribution in [0.15, 0.2) is 24.3 Å². The van der Waals surface area contributed by atoms with E-state index >= 15 is 0 Å². The zero-order chi connectivity index (χ0) is 12.9. The van der Waals surface area contributed by atoms with E-state index in [-0.39, 0.29) is 23.5 Å². The molecule has 0 heterocycles. The Morgan fingerprint density at radius 3 is 2.24 bits per heavy atom. The Kier molecular flexibility index (Phi) is 5.22. The molecule has 1 amide bonds. The fourth-order valence-electron chi connectivity index (χ4n) is 1.29. The number of amides is 1. The summed E-state index contributed by atoms with van der Waals surface area (Å²) < 4.78 is 12.7. The summed E-state index contributed by atoms with van der Waals surface area (Å²) in [4.78, 5) is 11.9. The van der Waals surface area contributed by atoms with E-state index in [1.165, 1.54) is 24.3 Å². The van der Waals surface area contributed by atoms with E-state index in [4.69, 9.17) is 23.2 Å². The highest BCUT2D eigenvalue weighted by Crippen LogP contribution is 2.16. The Morgan fingerprint density at radius 2 is 1.82 bits per heavy atom. The SMILES string of the molecule is CCC(CCl)(CCl)NC(=O)c1ccc(F)cc1. The van der Waals surface area contributed by atoms with Crippen LogP contribution in [0.4, 0.5) is 4.39 Å². The van der Waals surface area contributed by atoms with E-state index in [0.717, 1.165) is 0 Å². The van der Waals surface area contributed by atoms with Crippen molar-refractivity contribution in [2.45, 2.75) is 18.9 Å². The first-order chi connectivity index (χ1) is 8.06. The van der Waals surface area contributed by atoms with Crippen LogP contribution in [0.3, 0.4) is 0 Å². The molecular formula is C12H14Cl2FNO. The van der Waals surface area contributed by atoms with Crippen molar-refractivity contribution in [3.63, 3.8) is 0 Å². The number of hydrogen-bond donors (Lipinski definition) is 1. The number of rotatable bonds is 5. The van der Waals surface area contributed by atoms with Crippen molar-refractivity contribution < 1.29 is 9.18 Å². The van der Waals surface area contributed by atoms with Crippen molar-refractivity contribution in [1.29, 1.82) is 0 Å². The highest BCUT2D eigenvalue weighted by Gasteiger charge is 2.28. The molecule has 94 valence electrons. The number of carbonyl (C=O) groups excluding carboxylic acids is 1. The summed E-state index contributed by atoms with van der Waals surface area (Å²) >= 11 is 11.6. The first-order valence-electron chi connectivity index (χ1n) is 5.27. The van der Waals surface area contributed by atoms with Crippen molar-refractivity contribution in [1.82, 2.24) is 5.32 Å². The van der Waals surface area contributed by atoms with Crippen LogP contribution < -0.4 is 5.32 Å². The van der Waals surface area contributed by atoms with Crippen LogP contribution >= 0.6 is 23.2 Å². The van der Waals surface area contributed by atoms with Gasteiger partial charge in [0.15, 0.2) is 0 Å². The molecule has 1 aromatic rings. The molecule has 0 aliphatic carbocycles. The monoisotopic (exact) mass is 277 g/mol. The zero-order valence-corrected chi connectivity index (χ0v) is 11.0. The molecule has 0 bridgehead atoms. The Hall–Kier alpha value is -0.800. The molecule has 1 rings (SSSR count). The fourth-order valence-corrected chi connectivity index (χ4v) is 2.09. The lowest BCUT2D eigenvalue weighted by molar-refractivity contribution is 0.0913. The number of hydrogen-bond acceptors (Lipinski definition) is 1. The van der Waals surface area contributed by atoms with Crippen molar-refractivity contribution >= 4 is 29.1 Å². The summed E-state index contributed by atoms with van der Waals surface area (Å²) in [5.41, 5.74) is -0.228. The second-order valence-electron chi connectivity index (χ2n) is 3.86. The summed E-state index contributed by atoms with van der Waals surface area (Å²) in [5, 5.41) is 2.79. The Bertz CT molecular complexity index is 368. The van der Waals surface area contributed by atoms with Gasteiger partial charge in [0, 0.05) is 17.3 Å². The second kappa shape index (κ2) is 6.22. The normalized spacial score (nSPS) is 11.3. The van der Waals surface area contributed by atoms with Gasteiger partial charge in [-0.25, -0.2) is 4.39 Å². The van der Waals surface area contributed by atoms with Gasteiger partial charge < -0.3 is 5.32 Å². The van der Waals surface area contributed by atoms with E-state index in [1.807, 2.05) is 6.92 Å². The fraction of sp³-hybridized carbons (Fsp3) is 0.417. The highest BCUT2D eigenvalue weighted by molar-refractivity contribution is 6.22. The third-order valence-electron chi connectivity index (χ3n) is 2.67. The Labute approximate surface area is 110 Å². The van der Waals surface area contributed by atoms with Crippen LogP contribution in [0, 0.1) is 5.82 Å². The summed E-state index contributed by atoms with van der Waals surface area (Å²) in [6.45, 7) is 1.90. The van der Waals surface area contributed by atoms with Crippen LogP contribution in [0.1, 0.15) is 23.7 Å². The van der Waals surface area contributed by atoms with Gasteiger partial charge >= 0.3 is 0 Å². The number of benzene rings is 1. The number of halogens is 3. The Balaban J connectivity index is 2.81. The average molecular weight is 278 g/mol. The third kappa shape index (κ3) is 3.58. The third-order valence-corrected chi connectivity index (χ3v) is 3.70. The topological polar surface area (TPSA) is 29.1 Å². The first-order valence-corrected chi connectivity index (χ1v) is 6.34. The van der Waals surface area contributed by atoms with Crippen LogP contribution in [-0.2, 0) is 0 Å². The van der Waals surface area contributed by atoms with Crippen LogP contribution in [0.25, 0.3) is 0 Å². The number of carbonyl (C=O) groups is 1. The van der Waals surface area contributed by atoms with E-state index in [9.17, 15) is 9.18 Å². The number of alkyl halides is 2. The molecule has 0 fully saturated rings. The van der Waals surface area contributed by atoms with Crippen molar-refractivity contribution in [3.8, 4) is 0 Å². The summed E-state index contributed by atoms with van der Waals surface area (Å²) in [7, 11) is 0. The molecule has 2 nitrogen and oxygen atoms in total. The lowest BCUT2D eigenvalue weighted by atomic mass is 10.0. The molecule has 17 heavy (non-hydrogen) atoms. The van der Waals surface area contributed by atoms with E-state index in [2.05, 4.69) is 5.32 Å². The van der Waals surface area contributed by atoms with Gasteiger partial charge in [-0.15, -0.1) is 23.2 Å². The molecule has 1 N–H and O–H groups in total. The van der Waals surface area contributed by atoms with Gasteiger partial charge in [-0.1, -0.05) is 6.92 Å². The first kappa shape index (κ1) is 14.3. The molecule has 0 aliphatic rings. The van der Waals surface area contributed by atoms with Crippen LogP contribution in [-0.4, -0.2) is 23.2 Å². The molecule has 0 saturated carbocycles. The number of nitrogens with one attached hydrogen (secondary N) is 1. The lowest BCUT2D eigenvalue weighted by Crippen LogP contribution is -2.51. The molecular weight excluding hydrogens is 264 g/mol. The van der Waals surface area contributed by atoms with Crippen molar-refractivity contribution in [3.05, 3.63) is 35.6 Å². The smallest absolute Gasteiger partial charge is 0.251 e. The largest absolute Gasteiger partial charge is 0.344 e. The standard InChI is InChI=1S/C12H14Cl2FNO/c1-2-12(7-13,8-14)16-11(17)9-3-5-10(15)6-4-9/h3-6H,2,7-8H2,1H3,(H,16,17). The summed E-state index contributed by atoms with van der Waals surface area (Å²) in [6, 6.07) is 5.33. The maximum Gasteiger partial charge on any atom is 0.251 e.